The number of amides is 1. The Hall–Kier alpha value is -2.46. The Morgan fingerprint density at radius 3 is 2.47 bits per heavy atom. The third kappa shape index (κ3) is 2.37. The molecule has 7 N–H and O–H groups in total. The number of hydrogen-bond donors (Lipinski definition) is 6. The van der Waals surface area contributed by atoms with Gasteiger partial charge in [0.2, 0.25) is 11.7 Å². The van der Waals surface area contributed by atoms with E-state index in [4.69, 9.17) is 17.3 Å². The standard InChI is InChI=1S/C20H20ClNO8/c1-5-6-2-3-8(21)15(25)11(6)16(26)13-10(5)14(24)7-4-9(23)12(19(22)29)17(27)20(7,30)18(13)28/h2-3,5,7,9-10,12,14,23-26,30H,4H2,1H3,(H2,22,29)/t5-,7+,9?,10+,12?,14+,20+/m0/s1. The number of nitrogens with two attached hydrogens (primary N) is 1. The van der Waals surface area contributed by atoms with Gasteiger partial charge in [-0.25, -0.2) is 0 Å². The maximum Gasteiger partial charge on any atom is 0.230 e. The van der Waals surface area contributed by atoms with E-state index >= 15 is 0 Å². The zero-order chi connectivity index (χ0) is 22.3. The van der Waals surface area contributed by atoms with E-state index in [9.17, 15) is 39.9 Å². The summed E-state index contributed by atoms with van der Waals surface area (Å²) in [5.74, 6) is -9.81. The second-order valence-corrected chi connectivity index (χ2v) is 8.58. The molecule has 7 atom stereocenters. The fourth-order valence-corrected chi connectivity index (χ4v) is 5.43. The number of hydrogen-bond acceptors (Lipinski definition) is 8. The fraction of sp³-hybridized carbons (Fsp3) is 0.450. The molecular formula is C20H20ClNO8. The lowest BCUT2D eigenvalue weighted by molar-refractivity contribution is -0.186. The largest absolute Gasteiger partial charge is 0.507 e. The van der Waals surface area contributed by atoms with Crippen molar-refractivity contribution in [3.05, 3.63) is 33.9 Å². The number of halogens is 1. The lowest BCUT2D eigenvalue weighted by Gasteiger charge is -2.52. The zero-order valence-electron chi connectivity index (χ0n) is 15.7. The van der Waals surface area contributed by atoms with Crippen LogP contribution in [0.5, 0.6) is 5.75 Å². The van der Waals surface area contributed by atoms with Crippen molar-refractivity contribution in [1.82, 2.24) is 0 Å². The number of primary amides is 1. The highest BCUT2D eigenvalue weighted by Crippen LogP contribution is 2.55. The van der Waals surface area contributed by atoms with Gasteiger partial charge in [-0.15, -0.1) is 0 Å². The van der Waals surface area contributed by atoms with E-state index in [1.807, 2.05) is 0 Å². The summed E-state index contributed by atoms with van der Waals surface area (Å²) in [4.78, 5) is 37.9. The van der Waals surface area contributed by atoms with Crippen molar-refractivity contribution in [1.29, 1.82) is 0 Å². The molecule has 2 fully saturated rings. The zero-order valence-corrected chi connectivity index (χ0v) is 16.5. The number of ketones is 2. The van der Waals surface area contributed by atoms with Gasteiger partial charge in [-0.05, 0) is 24.0 Å². The monoisotopic (exact) mass is 437 g/mol. The summed E-state index contributed by atoms with van der Waals surface area (Å²) in [6.45, 7) is 1.65. The number of aromatic hydroxyl groups is 1. The number of fused-ring (bicyclic) bond motifs is 3. The number of Topliss-reactive ketones (excluding diaryl/α,β-unsaturated/α-hetero) is 2. The molecule has 0 heterocycles. The number of phenols is 1. The minimum Gasteiger partial charge on any atom is -0.507 e. The predicted molar refractivity (Wildman–Crippen MR) is 102 cm³/mol. The minimum atomic E-state index is -2.86. The molecule has 10 heteroatoms. The molecule has 0 saturated heterocycles. The molecule has 2 saturated carbocycles. The molecule has 3 aliphatic carbocycles. The molecule has 0 bridgehead atoms. The van der Waals surface area contributed by atoms with E-state index < -0.39 is 82.5 Å². The number of carbonyl (C=O) groups excluding carboxylic acids is 3. The Morgan fingerprint density at radius 1 is 1.23 bits per heavy atom. The summed E-state index contributed by atoms with van der Waals surface area (Å²) in [7, 11) is 0. The highest BCUT2D eigenvalue weighted by molar-refractivity contribution is 6.32. The number of carbonyl (C=O) groups is 3. The highest BCUT2D eigenvalue weighted by Gasteiger charge is 2.67. The van der Waals surface area contributed by atoms with Crippen LogP contribution in [0.2, 0.25) is 5.02 Å². The van der Waals surface area contributed by atoms with Gasteiger partial charge >= 0.3 is 0 Å². The molecule has 4 rings (SSSR count). The Balaban J connectivity index is 1.96. The Bertz CT molecular complexity index is 1040. The molecule has 1 aromatic carbocycles. The van der Waals surface area contributed by atoms with Crippen molar-refractivity contribution in [3.63, 3.8) is 0 Å². The van der Waals surface area contributed by atoms with Crippen LogP contribution in [0.4, 0.5) is 0 Å². The van der Waals surface area contributed by atoms with Crippen molar-refractivity contribution >= 4 is 34.8 Å². The predicted octanol–water partition coefficient (Wildman–Crippen LogP) is -0.226. The van der Waals surface area contributed by atoms with Crippen molar-refractivity contribution in [2.24, 2.45) is 23.5 Å². The van der Waals surface area contributed by atoms with Crippen LogP contribution in [0.25, 0.3) is 5.76 Å². The Morgan fingerprint density at radius 2 is 1.87 bits per heavy atom. The van der Waals surface area contributed by atoms with Gasteiger partial charge in [0.15, 0.2) is 11.4 Å². The number of benzene rings is 1. The van der Waals surface area contributed by atoms with Crippen LogP contribution in [0.15, 0.2) is 17.7 Å². The summed E-state index contributed by atoms with van der Waals surface area (Å²) in [5, 5.41) is 53.5. The van der Waals surface area contributed by atoms with Gasteiger partial charge < -0.3 is 31.3 Å². The van der Waals surface area contributed by atoms with Crippen LogP contribution in [-0.2, 0) is 14.4 Å². The van der Waals surface area contributed by atoms with Crippen LogP contribution >= 0.6 is 11.6 Å². The summed E-state index contributed by atoms with van der Waals surface area (Å²) in [6.07, 6.45) is -3.51. The van der Waals surface area contributed by atoms with Crippen molar-refractivity contribution < 1.29 is 39.9 Å². The molecule has 3 aliphatic rings. The molecule has 0 spiro atoms. The van der Waals surface area contributed by atoms with E-state index in [1.54, 1.807) is 6.92 Å². The van der Waals surface area contributed by atoms with Crippen molar-refractivity contribution in [2.45, 2.75) is 37.1 Å². The maximum atomic E-state index is 13.4. The lowest BCUT2D eigenvalue weighted by Crippen LogP contribution is -2.70. The van der Waals surface area contributed by atoms with E-state index in [0.717, 1.165) is 0 Å². The SMILES string of the molecule is C[C@H]1c2ccc(Cl)c(O)c2C(O)=C2C(=O)[C@]3(O)C(=O)C(C(N)=O)C(O)C[C@@H]3[C@@H](O)[C@@H]21. The average molecular weight is 438 g/mol. The van der Waals surface area contributed by atoms with Gasteiger partial charge in [0.05, 0.1) is 22.8 Å². The van der Waals surface area contributed by atoms with Gasteiger partial charge in [0, 0.05) is 17.4 Å². The van der Waals surface area contributed by atoms with Crippen LogP contribution < -0.4 is 5.73 Å². The first-order valence-electron chi connectivity index (χ1n) is 9.36. The first-order chi connectivity index (χ1) is 13.9. The number of aliphatic hydroxyl groups excluding tert-OH is 3. The second-order valence-electron chi connectivity index (χ2n) is 8.18. The Kier molecular flexibility index (Phi) is 4.52. The molecule has 160 valence electrons. The van der Waals surface area contributed by atoms with E-state index in [-0.39, 0.29) is 10.6 Å². The highest BCUT2D eigenvalue weighted by atomic mass is 35.5. The van der Waals surface area contributed by atoms with Crippen molar-refractivity contribution in [2.75, 3.05) is 0 Å². The van der Waals surface area contributed by atoms with E-state index in [1.165, 1.54) is 12.1 Å². The molecule has 30 heavy (non-hydrogen) atoms. The van der Waals surface area contributed by atoms with Gasteiger partial charge in [0.25, 0.3) is 0 Å². The molecule has 9 nitrogen and oxygen atoms in total. The van der Waals surface area contributed by atoms with E-state index in [2.05, 4.69) is 0 Å². The average Bonchev–Trinajstić information content (AvgIpc) is 2.67. The van der Waals surface area contributed by atoms with Crippen LogP contribution in [-0.4, -0.2) is 60.8 Å². The van der Waals surface area contributed by atoms with Crippen LogP contribution in [0.3, 0.4) is 0 Å². The lowest BCUT2D eigenvalue weighted by atomic mass is 9.53. The second kappa shape index (κ2) is 6.52. The normalized spacial score (nSPS) is 38.0. The number of aliphatic hydroxyl groups is 4. The first kappa shape index (κ1) is 20.8. The molecule has 0 radical (unpaired) electrons. The first-order valence-corrected chi connectivity index (χ1v) is 9.74. The van der Waals surface area contributed by atoms with Crippen LogP contribution in [0, 0.1) is 17.8 Å². The van der Waals surface area contributed by atoms with Gasteiger partial charge in [-0.1, -0.05) is 24.6 Å². The molecular weight excluding hydrogens is 418 g/mol. The van der Waals surface area contributed by atoms with Gasteiger partial charge in [-0.2, -0.15) is 0 Å². The summed E-state index contributed by atoms with van der Waals surface area (Å²) < 4.78 is 0. The molecule has 1 aromatic rings. The third-order valence-electron chi connectivity index (χ3n) is 6.77. The maximum absolute atomic E-state index is 13.4. The van der Waals surface area contributed by atoms with Crippen LogP contribution in [0.1, 0.15) is 30.4 Å². The summed E-state index contributed by atoms with van der Waals surface area (Å²) >= 11 is 5.93. The van der Waals surface area contributed by atoms with Gasteiger partial charge in [0.1, 0.15) is 17.4 Å². The number of rotatable bonds is 1. The molecule has 0 aromatic heterocycles. The summed E-state index contributed by atoms with van der Waals surface area (Å²) in [6, 6.07) is 2.94. The quantitative estimate of drug-likeness (QED) is 0.326. The topological polar surface area (TPSA) is 178 Å². The summed E-state index contributed by atoms with van der Waals surface area (Å²) in [5.41, 5.74) is 2.17. The van der Waals surface area contributed by atoms with E-state index in [0.29, 0.717) is 5.56 Å². The molecule has 2 unspecified atom stereocenters. The smallest absolute Gasteiger partial charge is 0.230 e. The van der Waals surface area contributed by atoms with Crippen molar-refractivity contribution in [3.8, 4) is 5.75 Å². The molecule has 1 amide bonds. The van der Waals surface area contributed by atoms with Gasteiger partial charge in [-0.3, -0.25) is 14.4 Å². The minimum absolute atomic E-state index is 0.0856. The third-order valence-corrected chi connectivity index (χ3v) is 7.07. The number of phenolic OH excluding ortho intramolecular Hbond substituents is 1. The fourth-order valence-electron chi connectivity index (χ4n) is 5.27. The molecule has 0 aliphatic heterocycles. The Labute approximate surface area is 175 Å².